The van der Waals surface area contributed by atoms with Crippen LogP contribution in [0.1, 0.15) is 23.5 Å². The molecule has 6 heteroatoms. The summed E-state index contributed by atoms with van der Waals surface area (Å²) in [6, 6.07) is 18.3. The molecule has 1 saturated heterocycles. The summed E-state index contributed by atoms with van der Waals surface area (Å²) in [5.41, 5.74) is 2.36. The van der Waals surface area contributed by atoms with Crippen molar-refractivity contribution >= 4 is 12.2 Å². The van der Waals surface area contributed by atoms with E-state index in [4.69, 9.17) is 19.7 Å². The lowest BCUT2D eigenvalue weighted by atomic mass is 9.88. The summed E-state index contributed by atoms with van der Waals surface area (Å²) in [5, 5.41) is 27.2. The lowest BCUT2D eigenvalue weighted by Gasteiger charge is -2.28. The van der Waals surface area contributed by atoms with Crippen molar-refractivity contribution < 1.29 is 24.9 Å². The van der Waals surface area contributed by atoms with Gasteiger partial charge in [-0.2, -0.15) is 0 Å². The van der Waals surface area contributed by atoms with Crippen molar-refractivity contribution in [2.24, 2.45) is 0 Å². The van der Waals surface area contributed by atoms with E-state index in [1.165, 1.54) is 11.1 Å². The standard InChI is InChI=1S/C20H23NO2.CH2O3/c22-20-15-21-13-12-19(20)17-8-10-18(11-9-17)23-14-4-7-16-5-2-1-3-6-16;2-1(3)4/h1-11,19-22H,12-15H2;(H2,2,3,4)/b7-4+;. The second kappa shape index (κ2) is 11.0. The van der Waals surface area contributed by atoms with Crippen molar-refractivity contribution in [1.29, 1.82) is 0 Å². The highest BCUT2D eigenvalue weighted by Gasteiger charge is 2.24. The molecule has 1 heterocycles. The Hall–Kier alpha value is -2.83. The predicted molar refractivity (Wildman–Crippen MR) is 104 cm³/mol. The van der Waals surface area contributed by atoms with E-state index in [1.807, 2.05) is 36.4 Å². The zero-order valence-electron chi connectivity index (χ0n) is 15.0. The molecule has 4 N–H and O–H groups in total. The number of hydrogen-bond acceptors (Lipinski definition) is 4. The van der Waals surface area contributed by atoms with E-state index in [1.54, 1.807) is 0 Å². The van der Waals surface area contributed by atoms with Crippen molar-refractivity contribution in [1.82, 2.24) is 5.32 Å². The zero-order chi connectivity index (χ0) is 19.5. The molecule has 2 atom stereocenters. The Morgan fingerprint density at radius 3 is 2.41 bits per heavy atom. The minimum Gasteiger partial charge on any atom is -0.490 e. The molecule has 1 fully saturated rings. The largest absolute Gasteiger partial charge is 0.503 e. The van der Waals surface area contributed by atoms with Gasteiger partial charge < -0.3 is 25.4 Å². The second-order valence-electron chi connectivity index (χ2n) is 6.14. The zero-order valence-corrected chi connectivity index (χ0v) is 15.0. The molecular weight excluding hydrogens is 346 g/mol. The molecule has 3 rings (SSSR count). The smallest absolute Gasteiger partial charge is 0.490 e. The van der Waals surface area contributed by atoms with E-state index in [2.05, 4.69) is 35.7 Å². The molecule has 2 aromatic carbocycles. The average molecular weight is 371 g/mol. The molecule has 1 aliphatic rings. The van der Waals surface area contributed by atoms with Crippen LogP contribution in [0.2, 0.25) is 0 Å². The highest BCUT2D eigenvalue weighted by Crippen LogP contribution is 2.27. The van der Waals surface area contributed by atoms with Crippen LogP contribution in [0, 0.1) is 0 Å². The molecule has 0 radical (unpaired) electrons. The lowest BCUT2D eigenvalue weighted by Crippen LogP contribution is -2.39. The third-order valence-electron chi connectivity index (χ3n) is 4.21. The quantitative estimate of drug-likeness (QED) is 0.643. The summed E-state index contributed by atoms with van der Waals surface area (Å²) < 4.78 is 5.74. The molecule has 0 aromatic heterocycles. The maximum atomic E-state index is 10.1. The molecule has 2 aromatic rings. The third kappa shape index (κ3) is 7.52. The summed E-state index contributed by atoms with van der Waals surface area (Å²) in [7, 11) is 0. The number of aliphatic hydroxyl groups excluding tert-OH is 1. The fraction of sp³-hybridized carbons (Fsp3) is 0.286. The molecule has 0 aliphatic carbocycles. The van der Waals surface area contributed by atoms with Gasteiger partial charge in [0.2, 0.25) is 0 Å². The monoisotopic (exact) mass is 371 g/mol. The maximum absolute atomic E-state index is 10.1. The van der Waals surface area contributed by atoms with Crippen molar-refractivity contribution in [3.8, 4) is 5.75 Å². The average Bonchev–Trinajstić information content (AvgIpc) is 2.67. The van der Waals surface area contributed by atoms with E-state index in [-0.39, 0.29) is 12.0 Å². The van der Waals surface area contributed by atoms with Gasteiger partial charge in [0.15, 0.2) is 0 Å². The van der Waals surface area contributed by atoms with Gasteiger partial charge in [-0.15, -0.1) is 0 Å². The molecule has 1 aliphatic heterocycles. The highest BCUT2D eigenvalue weighted by molar-refractivity contribution is 5.53. The maximum Gasteiger partial charge on any atom is 0.503 e. The summed E-state index contributed by atoms with van der Waals surface area (Å²) in [4.78, 5) is 8.56. The number of hydrogen-bond donors (Lipinski definition) is 4. The number of carboxylic acid groups (broad SMARTS) is 2. The number of carbonyl (C=O) groups is 1. The minimum absolute atomic E-state index is 0.225. The number of β-amino-alcohol motifs (C(OH)–C–C–N with tert-alkyl or cyclic N) is 1. The van der Waals surface area contributed by atoms with Gasteiger partial charge in [0, 0.05) is 12.5 Å². The number of benzene rings is 2. The molecule has 0 bridgehead atoms. The Morgan fingerprint density at radius 1 is 1.11 bits per heavy atom. The molecule has 0 spiro atoms. The number of ether oxygens (including phenoxy) is 1. The first-order valence-corrected chi connectivity index (χ1v) is 8.81. The van der Waals surface area contributed by atoms with Gasteiger partial charge in [0.1, 0.15) is 12.4 Å². The second-order valence-corrected chi connectivity index (χ2v) is 6.14. The summed E-state index contributed by atoms with van der Waals surface area (Å²) >= 11 is 0. The molecule has 2 unspecified atom stereocenters. The Bertz CT molecular complexity index is 711. The van der Waals surface area contributed by atoms with Gasteiger partial charge in [-0.05, 0) is 42.3 Å². The molecule has 0 saturated carbocycles. The van der Waals surface area contributed by atoms with Crippen molar-refractivity contribution in [2.45, 2.75) is 18.4 Å². The fourth-order valence-corrected chi connectivity index (χ4v) is 2.93. The van der Waals surface area contributed by atoms with Gasteiger partial charge in [0.25, 0.3) is 0 Å². The van der Waals surface area contributed by atoms with E-state index >= 15 is 0 Å². The third-order valence-corrected chi connectivity index (χ3v) is 4.21. The van der Waals surface area contributed by atoms with Crippen LogP contribution < -0.4 is 10.1 Å². The van der Waals surface area contributed by atoms with E-state index in [0.717, 1.165) is 18.7 Å². The number of rotatable bonds is 5. The van der Waals surface area contributed by atoms with Crippen LogP contribution >= 0.6 is 0 Å². The van der Waals surface area contributed by atoms with Gasteiger partial charge in [-0.1, -0.05) is 48.5 Å². The number of aliphatic hydroxyl groups is 1. The molecule has 6 nitrogen and oxygen atoms in total. The van der Waals surface area contributed by atoms with E-state index in [9.17, 15) is 5.11 Å². The molecule has 27 heavy (non-hydrogen) atoms. The molecular formula is C21H25NO5. The van der Waals surface area contributed by atoms with Crippen LogP contribution in [0.4, 0.5) is 4.79 Å². The van der Waals surface area contributed by atoms with E-state index < -0.39 is 6.16 Å². The van der Waals surface area contributed by atoms with Gasteiger partial charge in [-0.25, -0.2) is 4.79 Å². The van der Waals surface area contributed by atoms with Crippen LogP contribution in [0.3, 0.4) is 0 Å². The predicted octanol–water partition coefficient (Wildman–Crippen LogP) is 3.44. The van der Waals surface area contributed by atoms with Crippen molar-refractivity contribution in [2.75, 3.05) is 19.7 Å². The number of nitrogens with one attached hydrogen (secondary N) is 1. The van der Waals surface area contributed by atoms with Crippen LogP contribution in [-0.2, 0) is 0 Å². The molecule has 144 valence electrons. The SMILES string of the molecule is O=C(O)O.OC1CNCCC1c1ccc(OC/C=C/c2ccccc2)cc1. The van der Waals surface area contributed by atoms with Crippen LogP contribution in [0.5, 0.6) is 5.75 Å². The topological polar surface area (TPSA) is 99.0 Å². The van der Waals surface area contributed by atoms with Crippen LogP contribution in [0.25, 0.3) is 6.08 Å². The minimum atomic E-state index is -1.83. The Balaban J connectivity index is 0.000000596. The van der Waals surface area contributed by atoms with Gasteiger partial charge in [0.05, 0.1) is 6.10 Å². The Labute approximate surface area is 158 Å². The Morgan fingerprint density at radius 2 is 1.78 bits per heavy atom. The summed E-state index contributed by atoms with van der Waals surface area (Å²) in [5.74, 6) is 1.08. The Kier molecular flexibility index (Phi) is 8.35. The summed E-state index contributed by atoms with van der Waals surface area (Å²) in [6.45, 7) is 2.18. The van der Waals surface area contributed by atoms with Crippen molar-refractivity contribution in [3.63, 3.8) is 0 Å². The van der Waals surface area contributed by atoms with Crippen LogP contribution in [-0.4, -0.2) is 47.3 Å². The lowest BCUT2D eigenvalue weighted by molar-refractivity contribution is 0.118. The van der Waals surface area contributed by atoms with Gasteiger partial charge >= 0.3 is 6.16 Å². The normalized spacial score (nSPS) is 19.1. The van der Waals surface area contributed by atoms with Crippen molar-refractivity contribution in [3.05, 3.63) is 71.8 Å². The summed E-state index contributed by atoms with van der Waals surface area (Å²) in [6.07, 6.45) is 2.91. The first-order valence-electron chi connectivity index (χ1n) is 8.81. The fourth-order valence-electron chi connectivity index (χ4n) is 2.93. The van der Waals surface area contributed by atoms with E-state index in [0.29, 0.717) is 13.2 Å². The number of piperidine rings is 1. The molecule has 0 amide bonds. The van der Waals surface area contributed by atoms with Crippen LogP contribution in [0.15, 0.2) is 60.7 Å². The first kappa shape index (κ1) is 20.5. The van der Waals surface area contributed by atoms with Gasteiger partial charge in [-0.3, -0.25) is 0 Å². The first-order chi connectivity index (χ1) is 13.1. The highest BCUT2D eigenvalue weighted by atomic mass is 16.6.